The molecule has 7 nitrogen and oxygen atoms in total. The summed E-state index contributed by atoms with van der Waals surface area (Å²) >= 11 is 0. The van der Waals surface area contributed by atoms with Crippen LogP contribution >= 0.6 is 0 Å². The molecule has 0 aliphatic rings. The van der Waals surface area contributed by atoms with Gasteiger partial charge in [-0.25, -0.2) is 4.79 Å². The van der Waals surface area contributed by atoms with Crippen molar-refractivity contribution in [2.24, 2.45) is 0 Å². The molecular formula is C20H21N3O4. The zero-order valence-electron chi connectivity index (χ0n) is 15.7. The van der Waals surface area contributed by atoms with Gasteiger partial charge in [0.1, 0.15) is 11.8 Å². The second-order valence-corrected chi connectivity index (χ2v) is 6.04. The molecule has 0 aliphatic heterocycles. The van der Waals surface area contributed by atoms with Crippen molar-refractivity contribution < 1.29 is 19.1 Å². The number of benzene rings is 1. The van der Waals surface area contributed by atoms with Gasteiger partial charge in [-0.1, -0.05) is 18.2 Å². The predicted octanol–water partition coefficient (Wildman–Crippen LogP) is 2.27. The summed E-state index contributed by atoms with van der Waals surface area (Å²) in [6.07, 6.45) is 0.606. The highest BCUT2D eigenvalue weighted by atomic mass is 16.5. The van der Waals surface area contributed by atoms with Crippen molar-refractivity contribution in [2.45, 2.75) is 25.5 Å². The smallest absolute Gasteiger partial charge is 0.337 e. The largest absolute Gasteiger partial charge is 0.480 e. The minimum Gasteiger partial charge on any atom is -0.480 e. The van der Waals surface area contributed by atoms with Gasteiger partial charge in [0.05, 0.1) is 18.4 Å². The number of esters is 1. The van der Waals surface area contributed by atoms with Gasteiger partial charge in [0.25, 0.3) is 5.91 Å². The number of nitriles is 1. The fourth-order valence-corrected chi connectivity index (χ4v) is 2.66. The number of carbonyl (C=O) groups excluding carboxylic acids is 2. The topological polar surface area (TPSA) is 92.5 Å². The lowest BCUT2D eigenvalue weighted by molar-refractivity contribution is -0.163. The van der Waals surface area contributed by atoms with Crippen molar-refractivity contribution in [3.8, 4) is 11.8 Å². The Morgan fingerprint density at radius 1 is 1.22 bits per heavy atom. The number of pyridine rings is 1. The van der Waals surface area contributed by atoms with Crippen molar-refractivity contribution in [3.05, 3.63) is 59.9 Å². The molecular weight excluding hydrogens is 346 g/mol. The van der Waals surface area contributed by atoms with E-state index in [1.807, 2.05) is 6.07 Å². The summed E-state index contributed by atoms with van der Waals surface area (Å²) < 4.78 is 10.6. The molecule has 27 heavy (non-hydrogen) atoms. The Bertz CT molecular complexity index is 863. The molecule has 0 spiro atoms. The average Bonchev–Trinajstić information content (AvgIpc) is 2.72. The number of likely N-dealkylation sites (N-methyl/N-ethyl adjacent to an activating group) is 1. The molecule has 1 amide bonds. The van der Waals surface area contributed by atoms with Gasteiger partial charge < -0.3 is 14.4 Å². The molecule has 0 bridgehead atoms. The van der Waals surface area contributed by atoms with Crippen LogP contribution in [0.1, 0.15) is 25.1 Å². The quantitative estimate of drug-likeness (QED) is 0.727. The second-order valence-electron chi connectivity index (χ2n) is 6.04. The third kappa shape index (κ3) is 3.90. The van der Waals surface area contributed by atoms with Crippen LogP contribution in [0.2, 0.25) is 0 Å². The first kappa shape index (κ1) is 19.9. The molecule has 7 heteroatoms. The monoisotopic (exact) mass is 367 g/mol. The highest BCUT2D eigenvalue weighted by molar-refractivity contribution is 5.90. The number of hydrogen-bond donors (Lipinski definition) is 0. The lowest BCUT2D eigenvalue weighted by Gasteiger charge is -2.36. The summed E-state index contributed by atoms with van der Waals surface area (Å²) in [6.45, 7) is 3.12. The number of hydrogen-bond acceptors (Lipinski definition) is 6. The maximum atomic E-state index is 13.0. The summed E-state index contributed by atoms with van der Waals surface area (Å²) in [5.41, 5.74) is -0.739. The van der Waals surface area contributed by atoms with Crippen molar-refractivity contribution >= 4 is 11.9 Å². The van der Waals surface area contributed by atoms with Crippen molar-refractivity contribution in [1.82, 2.24) is 9.88 Å². The number of carbonyl (C=O) groups is 2. The molecule has 0 aliphatic carbocycles. The number of rotatable bonds is 6. The summed E-state index contributed by atoms with van der Waals surface area (Å²) in [5, 5.41) is 9.17. The highest BCUT2D eigenvalue weighted by Crippen LogP contribution is 2.28. The zero-order chi connectivity index (χ0) is 20.0. The molecule has 1 aromatic heterocycles. The molecule has 140 valence electrons. The number of para-hydroxylation sites is 1. The van der Waals surface area contributed by atoms with Gasteiger partial charge >= 0.3 is 5.97 Å². The molecule has 0 unspecified atom stereocenters. The van der Waals surface area contributed by atoms with Crippen LogP contribution in [0.4, 0.5) is 0 Å². The molecule has 2 rings (SSSR count). The summed E-state index contributed by atoms with van der Waals surface area (Å²) in [5.74, 6) is -0.783. The van der Waals surface area contributed by atoms with Crippen molar-refractivity contribution in [2.75, 3.05) is 14.2 Å². The maximum Gasteiger partial charge on any atom is 0.337 e. The van der Waals surface area contributed by atoms with Gasteiger partial charge in [-0.3, -0.25) is 9.78 Å². The third-order valence-electron chi connectivity index (χ3n) is 4.41. The van der Waals surface area contributed by atoms with Crippen LogP contribution in [-0.4, -0.2) is 42.0 Å². The van der Waals surface area contributed by atoms with E-state index in [1.165, 1.54) is 25.3 Å². The molecule has 1 heterocycles. The highest BCUT2D eigenvalue weighted by Gasteiger charge is 2.45. The molecule has 0 radical (unpaired) electrons. The molecule has 2 atom stereocenters. The SMILES string of the molecule is COC(=O)[C@@](C)(c1ccccn1)N(C)C(=O)[C@@H](C)Oc1ccccc1C#N. The van der Waals surface area contributed by atoms with Gasteiger partial charge in [0.2, 0.25) is 0 Å². The Balaban J connectivity index is 2.32. The molecule has 0 saturated heterocycles. The first-order valence-electron chi connectivity index (χ1n) is 8.29. The fraction of sp³-hybridized carbons (Fsp3) is 0.300. The minimum absolute atomic E-state index is 0.298. The van der Waals surface area contributed by atoms with E-state index in [0.29, 0.717) is 17.0 Å². The minimum atomic E-state index is -1.43. The lowest BCUT2D eigenvalue weighted by atomic mass is 9.94. The van der Waals surface area contributed by atoms with Crippen LogP contribution in [0.25, 0.3) is 0 Å². The van der Waals surface area contributed by atoms with E-state index in [1.54, 1.807) is 56.3 Å². The number of amides is 1. The van der Waals surface area contributed by atoms with Crippen molar-refractivity contribution in [3.63, 3.8) is 0 Å². The van der Waals surface area contributed by atoms with Gasteiger partial charge in [-0.2, -0.15) is 5.26 Å². The number of nitrogens with zero attached hydrogens (tertiary/aromatic N) is 3. The van der Waals surface area contributed by atoms with Gasteiger partial charge in [-0.15, -0.1) is 0 Å². The van der Waals surface area contributed by atoms with Crippen LogP contribution in [0.3, 0.4) is 0 Å². The van der Waals surface area contributed by atoms with Gasteiger partial charge in [0, 0.05) is 13.2 Å². The van der Waals surface area contributed by atoms with Crippen LogP contribution in [-0.2, 0) is 19.9 Å². The van der Waals surface area contributed by atoms with Gasteiger partial charge in [-0.05, 0) is 38.1 Å². The average molecular weight is 367 g/mol. The summed E-state index contributed by atoms with van der Waals surface area (Å²) in [7, 11) is 2.74. The second kappa shape index (κ2) is 8.32. The first-order chi connectivity index (χ1) is 12.9. The third-order valence-corrected chi connectivity index (χ3v) is 4.41. The normalized spacial score (nSPS) is 13.6. The van der Waals surface area contributed by atoms with Crippen molar-refractivity contribution in [1.29, 1.82) is 5.26 Å². The van der Waals surface area contributed by atoms with E-state index in [2.05, 4.69) is 4.98 Å². The molecule has 0 N–H and O–H groups in total. The van der Waals surface area contributed by atoms with E-state index < -0.39 is 23.5 Å². The number of methoxy groups -OCH3 is 1. The van der Waals surface area contributed by atoms with Crippen LogP contribution in [0, 0.1) is 11.3 Å². The van der Waals surface area contributed by atoms with Crippen LogP contribution in [0.5, 0.6) is 5.75 Å². The number of ether oxygens (including phenoxy) is 2. The Labute approximate surface area is 158 Å². The van der Waals surface area contributed by atoms with Gasteiger partial charge in [0.15, 0.2) is 11.6 Å². The maximum absolute atomic E-state index is 13.0. The van der Waals surface area contributed by atoms with E-state index in [-0.39, 0.29) is 0 Å². The molecule has 0 saturated carbocycles. The Hall–Kier alpha value is -3.40. The Kier molecular flexibility index (Phi) is 6.14. The van der Waals surface area contributed by atoms with E-state index in [9.17, 15) is 9.59 Å². The van der Waals surface area contributed by atoms with Crippen LogP contribution < -0.4 is 4.74 Å². The molecule has 1 aromatic carbocycles. The number of aromatic nitrogens is 1. The van der Waals surface area contributed by atoms with E-state index in [4.69, 9.17) is 14.7 Å². The molecule has 0 fully saturated rings. The first-order valence-corrected chi connectivity index (χ1v) is 8.29. The zero-order valence-corrected chi connectivity index (χ0v) is 15.7. The van der Waals surface area contributed by atoms with E-state index in [0.717, 1.165) is 0 Å². The summed E-state index contributed by atoms with van der Waals surface area (Å²) in [4.78, 5) is 31.0. The van der Waals surface area contributed by atoms with E-state index >= 15 is 0 Å². The Morgan fingerprint density at radius 3 is 2.48 bits per heavy atom. The fourth-order valence-electron chi connectivity index (χ4n) is 2.66. The molecule has 2 aromatic rings. The summed E-state index contributed by atoms with van der Waals surface area (Å²) in [6, 6.07) is 13.7. The predicted molar refractivity (Wildman–Crippen MR) is 97.6 cm³/mol. The van der Waals surface area contributed by atoms with Crippen LogP contribution in [0.15, 0.2) is 48.7 Å². The lowest BCUT2D eigenvalue weighted by Crippen LogP contribution is -2.54. The standard InChI is InChI=1S/C20H21N3O4/c1-14(27-16-10-6-5-9-15(16)13-21)18(24)23(3)20(2,19(25)26-4)17-11-7-8-12-22-17/h5-12,14H,1-4H3/t14-,20-/m1/s1. The Morgan fingerprint density at radius 2 is 1.89 bits per heavy atom.